The Morgan fingerprint density at radius 2 is 1.65 bits per heavy atom. The number of aromatic hydroxyl groups is 1. The van der Waals surface area contributed by atoms with Crippen molar-refractivity contribution in [3.05, 3.63) is 41.5 Å². The number of Topliss-reactive ketones (excluding diaryl/α,β-unsaturated/α-hetero) is 4. The van der Waals surface area contributed by atoms with E-state index in [1.165, 1.54) is 25.1 Å². The number of carbonyl (C=O) groups is 5. The number of hydrogen-bond acceptors (Lipinski definition) is 12. The molecule has 5 rings (SSSR count). The standard InChI is InChI=1S/C30H33N7O6/c1-36(2)14-7-5-13(6-8-14)15-9-17(32)21(38)18-16(15)10-28(34)11-30(35)24(37(3)4)23(40)19(27(33)43)25(41)29(30,12-31)26(42)20(28)22(18)39/h5-9,19-20,24,38H,10-11,32,34-35H2,1-4H3,(H2,33,43)/t19?,20?,24?,28-,29+,30-/m1/s1. The SMILES string of the molecule is CN(C)c1ccc(-c2cc(N)c(O)c3c2C[C@@]2(N)C[C@@]4(N)C(N(C)C)C(=O)C(C(N)=O)C(=O)[C@@]4(C#N)C(=O)C2C3=O)cc1. The summed E-state index contributed by atoms with van der Waals surface area (Å²) in [6.07, 6.45) is -0.684. The van der Waals surface area contributed by atoms with Crippen LogP contribution in [0.15, 0.2) is 30.3 Å². The summed E-state index contributed by atoms with van der Waals surface area (Å²) < 4.78 is 0. The molecule has 0 spiro atoms. The number of phenolic OH excluding ortho intramolecular Hbond substituents is 1. The summed E-state index contributed by atoms with van der Waals surface area (Å²) in [7, 11) is 6.66. The lowest BCUT2D eigenvalue weighted by Gasteiger charge is -2.60. The lowest BCUT2D eigenvalue weighted by molar-refractivity contribution is -0.166. The second-order valence-corrected chi connectivity index (χ2v) is 12.3. The van der Waals surface area contributed by atoms with Crippen LogP contribution in [-0.2, 0) is 25.6 Å². The quantitative estimate of drug-likeness (QED) is 0.166. The van der Waals surface area contributed by atoms with Crippen molar-refractivity contribution >= 4 is 40.4 Å². The average Bonchev–Trinajstić information content (AvgIpc) is 2.89. The fraction of sp³-hybridized carbons (Fsp3) is 0.400. The summed E-state index contributed by atoms with van der Waals surface area (Å²) in [5.41, 5.74) is 20.5. The smallest absolute Gasteiger partial charge is 0.235 e. The molecule has 43 heavy (non-hydrogen) atoms. The minimum atomic E-state index is -2.81. The Bertz CT molecular complexity index is 1680. The third kappa shape index (κ3) is 3.70. The first kappa shape index (κ1) is 29.8. The van der Waals surface area contributed by atoms with Gasteiger partial charge in [0, 0.05) is 25.3 Å². The molecule has 1 amide bonds. The molecule has 224 valence electrons. The molecule has 0 aliphatic heterocycles. The number of primary amides is 1. The number of benzene rings is 2. The molecule has 6 atom stereocenters. The van der Waals surface area contributed by atoms with Crippen molar-refractivity contribution in [2.75, 3.05) is 38.8 Å². The maximum atomic E-state index is 14.5. The minimum absolute atomic E-state index is 0.129. The molecule has 2 aromatic carbocycles. The molecular formula is C30H33N7O6. The van der Waals surface area contributed by atoms with E-state index in [2.05, 4.69) is 0 Å². The third-order valence-electron chi connectivity index (χ3n) is 9.32. The zero-order valence-electron chi connectivity index (χ0n) is 24.2. The molecule has 0 radical (unpaired) electrons. The van der Waals surface area contributed by atoms with E-state index in [1.54, 1.807) is 6.07 Å². The number of anilines is 2. The van der Waals surface area contributed by atoms with Crippen LogP contribution in [0, 0.1) is 28.6 Å². The first-order valence-corrected chi connectivity index (χ1v) is 13.5. The molecule has 3 aliphatic carbocycles. The number of ketones is 4. The Balaban J connectivity index is 1.77. The van der Waals surface area contributed by atoms with Gasteiger partial charge in [-0.3, -0.25) is 28.9 Å². The minimum Gasteiger partial charge on any atom is -0.505 e. The van der Waals surface area contributed by atoms with Gasteiger partial charge < -0.3 is 32.9 Å². The van der Waals surface area contributed by atoms with Crippen LogP contribution < -0.4 is 27.8 Å². The number of nitriles is 1. The predicted octanol–water partition coefficient (Wildman–Crippen LogP) is -0.876. The Labute approximate surface area is 247 Å². The van der Waals surface area contributed by atoms with Gasteiger partial charge in [-0.05, 0) is 61.8 Å². The second kappa shape index (κ2) is 9.43. The summed E-state index contributed by atoms with van der Waals surface area (Å²) in [5, 5.41) is 21.5. The van der Waals surface area contributed by atoms with Crippen molar-refractivity contribution in [1.29, 1.82) is 5.26 Å². The molecule has 2 saturated carbocycles. The van der Waals surface area contributed by atoms with Gasteiger partial charge in [0.25, 0.3) is 0 Å². The van der Waals surface area contributed by atoms with Crippen LogP contribution in [-0.4, -0.2) is 84.4 Å². The highest BCUT2D eigenvalue weighted by Crippen LogP contribution is 2.57. The van der Waals surface area contributed by atoms with Crippen LogP contribution in [0.5, 0.6) is 5.75 Å². The highest BCUT2D eigenvalue weighted by Gasteiger charge is 2.78. The highest BCUT2D eigenvalue weighted by molar-refractivity contribution is 6.33. The number of carbonyl (C=O) groups excluding carboxylic acids is 5. The van der Waals surface area contributed by atoms with Gasteiger partial charge in [-0.1, -0.05) is 12.1 Å². The van der Waals surface area contributed by atoms with Gasteiger partial charge >= 0.3 is 0 Å². The maximum absolute atomic E-state index is 14.5. The van der Waals surface area contributed by atoms with Crippen molar-refractivity contribution in [2.45, 2.75) is 30.0 Å². The average molecular weight is 588 g/mol. The molecule has 9 N–H and O–H groups in total. The third-order valence-corrected chi connectivity index (χ3v) is 9.32. The number of nitrogen functional groups attached to an aromatic ring is 1. The molecule has 3 unspecified atom stereocenters. The molecule has 2 aromatic rings. The molecule has 13 nitrogen and oxygen atoms in total. The first-order chi connectivity index (χ1) is 20.0. The van der Waals surface area contributed by atoms with Crippen LogP contribution in [0.3, 0.4) is 0 Å². The topological polar surface area (TPSA) is 240 Å². The summed E-state index contributed by atoms with van der Waals surface area (Å²) >= 11 is 0. The first-order valence-electron chi connectivity index (χ1n) is 13.5. The van der Waals surface area contributed by atoms with E-state index in [4.69, 9.17) is 22.9 Å². The fourth-order valence-corrected chi connectivity index (χ4v) is 7.49. The molecule has 2 fully saturated rings. The number of phenols is 1. The molecule has 0 bridgehead atoms. The predicted molar refractivity (Wildman–Crippen MR) is 155 cm³/mol. The van der Waals surface area contributed by atoms with Gasteiger partial charge in [-0.15, -0.1) is 0 Å². The molecule has 3 aliphatic rings. The van der Waals surface area contributed by atoms with Gasteiger partial charge in [-0.2, -0.15) is 5.26 Å². The normalized spacial score (nSPS) is 31.6. The van der Waals surface area contributed by atoms with E-state index in [0.717, 1.165) is 5.69 Å². The zero-order chi connectivity index (χ0) is 32.0. The van der Waals surface area contributed by atoms with E-state index in [0.29, 0.717) is 16.7 Å². The van der Waals surface area contributed by atoms with Gasteiger partial charge in [-0.25, -0.2) is 0 Å². The molecule has 13 heteroatoms. The molecule has 0 aromatic heterocycles. The van der Waals surface area contributed by atoms with Crippen molar-refractivity contribution in [3.8, 4) is 22.9 Å². The van der Waals surface area contributed by atoms with Crippen LogP contribution in [0.25, 0.3) is 11.1 Å². The largest absolute Gasteiger partial charge is 0.505 e. The summed E-state index contributed by atoms with van der Waals surface area (Å²) in [4.78, 5) is 71.6. The van der Waals surface area contributed by atoms with E-state index in [9.17, 15) is 34.3 Å². The number of rotatable bonds is 4. The van der Waals surface area contributed by atoms with Gasteiger partial charge in [0.2, 0.25) is 5.91 Å². The van der Waals surface area contributed by atoms with Crippen LogP contribution >= 0.6 is 0 Å². The number of nitrogens with two attached hydrogens (primary N) is 4. The number of amides is 1. The zero-order valence-corrected chi connectivity index (χ0v) is 24.2. The highest BCUT2D eigenvalue weighted by atomic mass is 16.3. The molecule has 0 heterocycles. The van der Waals surface area contributed by atoms with Crippen molar-refractivity contribution in [3.63, 3.8) is 0 Å². The van der Waals surface area contributed by atoms with Crippen molar-refractivity contribution in [2.24, 2.45) is 34.5 Å². The molecule has 0 saturated heterocycles. The maximum Gasteiger partial charge on any atom is 0.235 e. The van der Waals surface area contributed by atoms with Gasteiger partial charge in [0.05, 0.1) is 28.9 Å². The second-order valence-electron chi connectivity index (χ2n) is 12.3. The number of nitrogens with zero attached hydrogens (tertiary/aromatic N) is 3. The summed E-state index contributed by atoms with van der Waals surface area (Å²) in [6, 6.07) is 9.04. The number of likely N-dealkylation sites (N-methyl/N-ethyl adjacent to an activating group) is 1. The number of hydrogen-bond donors (Lipinski definition) is 5. The van der Waals surface area contributed by atoms with Crippen LogP contribution in [0.4, 0.5) is 11.4 Å². The van der Waals surface area contributed by atoms with Gasteiger partial charge in [0.15, 0.2) is 34.5 Å². The lowest BCUT2D eigenvalue weighted by Crippen LogP contribution is -2.85. The van der Waals surface area contributed by atoms with Gasteiger partial charge in [0.1, 0.15) is 11.7 Å². The Hall–Kier alpha value is -4.64. The van der Waals surface area contributed by atoms with Crippen LogP contribution in [0.2, 0.25) is 0 Å². The van der Waals surface area contributed by atoms with Crippen molar-refractivity contribution < 1.29 is 29.1 Å². The molecular weight excluding hydrogens is 554 g/mol. The number of fused-ring (bicyclic) bond motifs is 3. The van der Waals surface area contributed by atoms with E-state index in [-0.39, 0.29) is 17.7 Å². The lowest BCUT2D eigenvalue weighted by atomic mass is 9.42. The van der Waals surface area contributed by atoms with Crippen LogP contribution in [0.1, 0.15) is 22.3 Å². The summed E-state index contributed by atoms with van der Waals surface area (Å²) in [6.45, 7) is 0. The van der Waals surface area contributed by atoms with E-state index < -0.39 is 75.6 Å². The van der Waals surface area contributed by atoms with Crippen molar-refractivity contribution in [1.82, 2.24) is 4.90 Å². The summed E-state index contributed by atoms with van der Waals surface area (Å²) in [5.74, 6) is -10.4. The fourth-order valence-electron chi connectivity index (χ4n) is 7.49. The Morgan fingerprint density at radius 3 is 2.16 bits per heavy atom. The Morgan fingerprint density at radius 1 is 1.05 bits per heavy atom. The monoisotopic (exact) mass is 587 g/mol. The van der Waals surface area contributed by atoms with E-state index in [1.807, 2.05) is 43.3 Å². The Kier molecular flexibility index (Phi) is 6.55. The van der Waals surface area contributed by atoms with E-state index >= 15 is 0 Å².